The predicted octanol–water partition coefficient (Wildman–Crippen LogP) is 0.902. The summed E-state index contributed by atoms with van der Waals surface area (Å²) in [6.07, 6.45) is 0. The van der Waals surface area contributed by atoms with Gasteiger partial charge in [0.2, 0.25) is 10.0 Å². The van der Waals surface area contributed by atoms with Gasteiger partial charge < -0.3 is 10.6 Å². The zero-order chi connectivity index (χ0) is 14.6. The van der Waals surface area contributed by atoms with E-state index in [0.717, 1.165) is 0 Å². The lowest BCUT2D eigenvalue weighted by atomic mass is 10.1. The summed E-state index contributed by atoms with van der Waals surface area (Å²) in [6, 6.07) is 6.60. The van der Waals surface area contributed by atoms with E-state index in [1.807, 2.05) is 11.8 Å². The van der Waals surface area contributed by atoms with Crippen molar-refractivity contribution in [2.24, 2.45) is 11.1 Å². The van der Waals surface area contributed by atoms with Gasteiger partial charge in [-0.2, -0.15) is 5.26 Å². The van der Waals surface area contributed by atoms with Gasteiger partial charge in [0.15, 0.2) is 0 Å². The molecule has 1 aromatic rings. The molecule has 0 heterocycles. The number of benzene rings is 1. The van der Waals surface area contributed by atoms with Crippen LogP contribution in [0, 0.1) is 17.2 Å². The van der Waals surface area contributed by atoms with E-state index in [4.69, 9.17) is 16.1 Å². The zero-order valence-electron chi connectivity index (χ0n) is 11.0. The molecule has 0 bridgehead atoms. The van der Waals surface area contributed by atoms with Gasteiger partial charge in [0, 0.05) is 24.5 Å². The van der Waals surface area contributed by atoms with Crippen molar-refractivity contribution in [3.8, 4) is 6.07 Å². The number of hydrogen-bond acceptors (Lipinski definition) is 5. The van der Waals surface area contributed by atoms with Crippen molar-refractivity contribution in [3.63, 3.8) is 0 Å². The lowest BCUT2D eigenvalue weighted by molar-refractivity contribution is 0.597. The van der Waals surface area contributed by atoms with Gasteiger partial charge in [0.25, 0.3) is 0 Å². The number of sulfonamides is 1. The van der Waals surface area contributed by atoms with Crippen LogP contribution >= 0.6 is 0 Å². The van der Waals surface area contributed by atoms with Crippen molar-refractivity contribution < 1.29 is 8.42 Å². The largest absolute Gasteiger partial charge is 0.399 e. The van der Waals surface area contributed by atoms with Gasteiger partial charge in [-0.25, -0.2) is 13.6 Å². The maximum Gasteiger partial charge on any atom is 0.238 e. The third-order valence-corrected chi connectivity index (χ3v) is 3.60. The molecule has 0 radical (unpaired) electrons. The summed E-state index contributed by atoms with van der Waals surface area (Å²) in [7, 11) is -3.80. The molecule has 0 aliphatic rings. The molecular weight excluding hydrogens is 264 g/mol. The zero-order valence-corrected chi connectivity index (χ0v) is 11.8. The molecule has 6 nitrogen and oxygen atoms in total. The molecule has 0 fully saturated rings. The van der Waals surface area contributed by atoms with Gasteiger partial charge in [-0.15, -0.1) is 0 Å². The molecule has 1 rings (SSSR count). The third-order valence-electron chi connectivity index (χ3n) is 2.70. The Morgan fingerprint density at radius 2 is 2.05 bits per heavy atom. The lowest BCUT2D eigenvalue weighted by Crippen LogP contribution is -2.28. The molecule has 0 spiro atoms. The molecule has 7 heteroatoms. The Bertz CT molecular complexity index is 592. The highest BCUT2D eigenvalue weighted by molar-refractivity contribution is 7.89. The van der Waals surface area contributed by atoms with Crippen LogP contribution in [-0.2, 0) is 10.0 Å². The molecule has 0 aliphatic carbocycles. The van der Waals surface area contributed by atoms with Crippen molar-refractivity contribution in [2.45, 2.75) is 18.7 Å². The molecule has 0 saturated carbocycles. The predicted molar refractivity (Wildman–Crippen MR) is 74.9 cm³/mol. The number of nitriles is 1. The van der Waals surface area contributed by atoms with E-state index in [0.29, 0.717) is 24.5 Å². The molecule has 19 heavy (non-hydrogen) atoms. The first-order chi connectivity index (χ1) is 8.77. The summed E-state index contributed by atoms with van der Waals surface area (Å²) in [5.41, 5.74) is 6.67. The number of rotatable bonds is 5. The number of nitrogen functional groups attached to an aromatic ring is 1. The molecule has 1 atom stereocenters. The van der Waals surface area contributed by atoms with Crippen LogP contribution in [-0.4, -0.2) is 21.5 Å². The third kappa shape index (κ3) is 4.12. The Labute approximate surface area is 113 Å². The number of nitrogens with zero attached hydrogens (tertiary/aromatic N) is 2. The molecule has 0 amide bonds. The first kappa shape index (κ1) is 15.3. The molecule has 4 N–H and O–H groups in total. The summed E-state index contributed by atoms with van der Waals surface area (Å²) < 4.78 is 22.8. The first-order valence-electron chi connectivity index (χ1n) is 5.85. The van der Waals surface area contributed by atoms with Crippen LogP contribution in [0.3, 0.4) is 0 Å². The minimum Gasteiger partial charge on any atom is -0.399 e. The fourth-order valence-electron chi connectivity index (χ4n) is 1.74. The van der Waals surface area contributed by atoms with Crippen molar-refractivity contribution in [1.29, 1.82) is 5.26 Å². The van der Waals surface area contributed by atoms with E-state index in [-0.39, 0.29) is 10.8 Å². The Morgan fingerprint density at radius 1 is 1.42 bits per heavy atom. The smallest absolute Gasteiger partial charge is 0.238 e. The van der Waals surface area contributed by atoms with E-state index in [2.05, 4.69) is 6.07 Å². The van der Waals surface area contributed by atoms with E-state index in [1.54, 1.807) is 13.0 Å². The van der Waals surface area contributed by atoms with Crippen LogP contribution < -0.4 is 15.8 Å². The van der Waals surface area contributed by atoms with Crippen LogP contribution in [0.25, 0.3) is 0 Å². The molecule has 1 unspecified atom stereocenters. The minimum atomic E-state index is -3.80. The highest BCUT2D eigenvalue weighted by Gasteiger charge is 2.14. The molecule has 1 aromatic carbocycles. The lowest BCUT2D eigenvalue weighted by Gasteiger charge is -2.25. The number of primary sulfonamides is 1. The van der Waals surface area contributed by atoms with Crippen LogP contribution in [0.5, 0.6) is 0 Å². The van der Waals surface area contributed by atoms with E-state index in [9.17, 15) is 8.42 Å². The standard InChI is InChI=1S/C12H18N4O2S/c1-3-16(8-9(2)7-13)11-4-10(14)5-12(6-11)19(15,17)18/h4-6,9H,3,8,14H2,1-2H3,(H2,15,17,18). The second-order valence-electron chi connectivity index (χ2n) is 4.37. The summed E-state index contributed by atoms with van der Waals surface area (Å²) >= 11 is 0. The monoisotopic (exact) mass is 282 g/mol. The average Bonchev–Trinajstić information content (AvgIpc) is 2.33. The van der Waals surface area contributed by atoms with E-state index in [1.165, 1.54) is 12.1 Å². The van der Waals surface area contributed by atoms with Gasteiger partial charge >= 0.3 is 0 Å². The molecule has 0 aromatic heterocycles. The molecule has 104 valence electrons. The second-order valence-corrected chi connectivity index (χ2v) is 5.94. The maximum atomic E-state index is 11.4. The normalized spacial score (nSPS) is 12.7. The number of anilines is 2. The maximum absolute atomic E-state index is 11.4. The van der Waals surface area contributed by atoms with Crippen molar-refractivity contribution >= 4 is 21.4 Å². The van der Waals surface area contributed by atoms with Gasteiger partial charge in [-0.05, 0) is 32.0 Å². The summed E-state index contributed by atoms with van der Waals surface area (Å²) in [6.45, 7) is 4.86. The van der Waals surface area contributed by atoms with E-state index < -0.39 is 10.0 Å². The average molecular weight is 282 g/mol. The first-order valence-corrected chi connectivity index (χ1v) is 7.40. The molecular formula is C12H18N4O2S. The van der Waals surface area contributed by atoms with Gasteiger partial charge in [0.1, 0.15) is 0 Å². The second kappa shape index (κ2) is 5.91. The summed E-state index contributed by atoms with van der Waals surface area (Å²) in [5, 5.41) is 14.0. The van der Waals surface area contributed by atoms with Crippen molar-refractivity contribution in [3.05, 3.63) is 18.2 Å². The van der Waals surface area contributed by atoms with Gasteiger partial charge in [-0.1, -0.05) is 0 Å². The number of nitrogens with two attached hydrogens (primary N) is 2. The highest BCUT2D eigenvalue weighted by atomic mass is 32.2. The Morgan fingerprint density at radius 3 is 2.53 bits per heavy atom. The SMILES string of the molecule is CCN(CC(C)C#N)c1cc(N)cc(S(N)(=O)=O)c1. The number of hydrogen-bond donors (Lipinski definition) is 2. The quantitative estimate of drug-likeness (QED) is 0.779. The summed E-state index contributed by atoms with van der Waals surface area (Å²) in [5.74, 6) is -0.167. The summed E-state index contributed by atoms with van der Waals surface area (Å²) in [4.78, 5) is 1.87. The van der Waals surface area contributed by atoms with Crippen molar-refractivity contribution in [1.82, 2.24) is 0 Å². The van der Waals surface area contributed by atoms with Crippen LogP contribution in [0.1, 0.15) is 13.8 Å². The molecule has 0 aliphatic heterocycles. The Balaban J connectivity index is 3.19. The molecule has 0 saturated heterocycles. The highest BCUT2D eigenvalue weighted by Crippen LogP contribution is 2.23. The fraction of sp³-hybridized carbons (Fsp3) is 0.417. The van der Waals surface area contributed by atoms with E-state index >= 15 is 0 Å². The van der Waals surface area contributed by atoms with Gasteiger partial charge in [-0.3, -0.25) is 0 Å². The van der Waals surface area contributed by atoms with Crippen LogP contribution in [0.2, 0.25) is 0 Å². The minimum absolute atomic E-state index is 0.0226. The Kier molecular flexibility index (Phi) is 4.75. The Hall–Kier alpha value is -1.78. The van der Waals surface area contributed by atoms with Crippen LogP contribution in [0.15, 0.2) is 23.1 Å². The van der Waals surface area contributed by atoms with Gasteiger partial charge in [0.05, 0.1) is 16.9 Å². The van der Waals surface area contributed by atoms with Crippen molar-refractivity contribution in [2.75, 3.05) is 23.7 Å². The topological polar surface area (TPSA) is 113 Å². The van der Waals surface area contributed by atoms with Crippen LogP contribution in [0.4, 0.5) is 11.4 Å². The fourth-order valence-corrected chi connectivity index (χ4v) is 2.33.